The molecule has 40 heavy (non-hydrogen) atoms. The molecule has 1 saturated carbocycles. The van der Waals surface area contributed by atoms with Gasteiger partial charge in [-0.05, 0) is 54.8 Å². The van der Waals surface area contributed by atoms with E-state index in [0.29, 0.717) is 17.2 Å². The third-order valence-corrected chi connectivity index (χ3v) is 8.75. The van der Waals surface area contributed by atoms with E-state index >= 15 is 0 Å². The van der Waals surface area contributed by atoms with Crippen LogP contribution in [0.1, 0.15) is 37.7 Å². The van der Waals surface area contributed by atoms with E-state index in [9.17, 15) is 14.4 Å². The minimum atomic E-state index is -1.20. The number of nitrogens with zero attached hydrogens (tertiary/aromatic N) is 1. The number of carbonyl (C=O) groups is 3. The van der Waals surface area contributed by atoms with E-state index in [1.165, 1.54) is 6.42 Å². The smallest absolute Gasteiger partial charge is 0.246 e. The summed E-state index contributed by atoms with van der Waals surface area (Å²) in [6.45, 7) is 0.221. The molecule has 0 unspecified atom stereocenters. The van der Waals surface area contributed by atoms with Crippen molar-refractivity contribution >= 4 is 23.4 Å². The van der Waals surface area contributed by atoms with Gasteiger partial charge in [0.1, 0.15) is 23.1 Å². The van der Waals surface area contributed by atoms with Gasteiger partial charge < -0.3 is 29.7 Å². The fourth-order valence-electron chi connectivity index (χ4n) is 6.79. The van der Waals surface area contributed by atoms with Crippen LogP contribution in [0.2, 0.25) is 0 Å². The van der Waals surface area contributed by atoms with Gasteiger partial charge in [0.25, 0.3) is 0 Å². The first-order valence-electron chi connectivity index (χ1n) is 14.0. The fraction of sp³-hybridized carbons (Fsp3) is 0.452. The number of carbonyl (C=O) groups excluding carboxylic acids is 3. The van der Waals surface area contributed by atoms with Crippen LogP contribution in [0.3, 0.4) is 0 Å². The molecule has 4 aliphatic rings. The average Bonchev–Trinajstić information content (AvgIpc) is 3.62. The zero-order valence-electron chi connectivity index (χ0n) is 22.8. The molecule has 5 atom stereocenters. The first kappa shape index (κ1) is 26.4. The van der Waals surface area contributed by atoms with Crippen LogP contribution in [0.5, 0.6) is 11.5 Å². The Balaban J connectivity index is 1.30. The van der Waals surface area contributed by atoms with Gasteiger partial charge in [-0.15, -0.1) is 0 Å². The molecule has 3 aliphatic heterocycles. The number of hydrogen-bond acceptors (Lipinski definition) is 6. The number of methoxy groups -OCH3 is 2. The maximum absolute atomic E-state index is 14.2. The molecule has 2 aromatic rings. The number of fused-ring (bicyclic) bond motifs is 1. The lowest BCUT2D eigenvalue weighted by molar-refractivity contribution is -0.142. The van der Waals surface area contributed by atoms with Gasteiger partial charge in [0.15, 0.2) is 0 Å². The molecule has 6 rings (SSSR count). The molecule has 3 fully saturated rings. The summed E-state index contributed by atoms with van der Waals surface area (Å²) in [7, 11) is 3.18. The standard InChI is InChI=1S/C31H35N3O6/c1-38-22-12-8-19(9-13-22)18-34-27(29(36)33-20-6-4-3-5-7-20)31-17-16-24(40-31)25(26(31)30(34)37)28(35)32-21-10-14-23(39-2)15-11-21/h8-17,20,24-27H,3-7,18H2,1-2H3,(H,32,35)(H,33,36)/t24-,25+,26-,27-,31+/m1/s1. The molecule has 2 bridgehead atoms. The highest BCUT2D eigenvalue weighted by Crippen LogP contribution is 2.55. The lowest BCUT2D eigenvalue weighted by Gasteiger charge is -2.34. The van der Waals surface area contributed by atoms with Gasteiger partial charge >= 0.3 is 0 Å². The maximum atomic E-state index is 14.2. The molecule has 0 radical (unpaired) electrons. The summed E-state index contributed by atoms with van der Waals surface area (Å²) in [6, 6.07) is 13.7. The van der Waals surface area contributed by atoms with E-state index in [2.05, 4.69) is 10.6 Å². The first-order valence-corrected chi connectivity index (χ1v) is 14.0. The van der Waals surface area contributed by atoms with Crippen LogP contribution in [0.25, 0.3) is 0 Å². The summed E-state index contributed by atoms with van der Waals surface area (Å²) in [4.78, 5) is 43.4. The highest BCUT2D eigenvalue weighted by atomic mass is 16.5. The van der Waals surface area contributed by atoms with Crippen LogP contribution in [0.4, 0.5) is 5.69 Å². The first-order chi connectivity index (χ1) is 19.4. The molecular weight excluding hydrogens is 510 g/mol. The predicted octanol–water partition coefficient (Wildman–Crippen LogP) is 3.44. The van der Waals surface area contributed by atoms with E-state index in [-0.39, 0.29) is 30.3 Å². The lowest BCUT2D eigenvalue weighted by atomic mass is 9.74. The quantitative estimate of drug-likeness (QED) is 0.493. The Kier molecular flexibility index (Phi) is 7.00. The van der Waals surface area contributed by atoms with Crippen molar-refractivity contribution in [3.63, 3.8) is 0 Å². The number of rotatable bonds is 8. The predicted molar refractivity (Wildman–Crippen MR) is 148 cm³/mol. The number of nitrogens with one attached hydrogen (secondary N) is 2. The fourth-order valence-corrected chi connectivity index (χ4v) is 6.79. The number of anilines is 1. The average molecular weight is 546 g/mol. The monoisotopic (exact) mass is 545 g/mol. The van der Waals surface area contributed by atoms with E-state index in [4.69, 9.17) is 14.2 Å². The Morgan fingerprint density at radius 1 is 0.950 bits per heavy atom. The Labute approximate surface area is 233 Å². The van der Waals surface area contributed by atoms with Crippen molar-refractivity contribution in [2.45, 2.75) is 62.4 Å². The molecule has 1 aliphatic carbocycles. The Morgan fingerprint density at radius 2 is 1.60 bits per heavy atom. The summed E-state index contributed by atoms with van der Waals surface area (Å²) >= 11 is 0. The number of ether oxygens (including phenoxy) is 3. The van der Waals surface area contributed by atoms with Gasteiger partial charge in [-0.1, -0.05) is 43.5 Å². The molecule has 2 N–H and O–H groups in total. The van der Waals surface area contributed by atoms with Crippen LogP contribution in [0.15, 0.2) is 60.7 Å². The Bertz CT molecular complexity index is 1300. The van der Waals surface area contributed by atoms with E-state index in [0.717, 1.165) is 31.2 Å². The topological polar surface area (TPSA) is 106 Å². The second kappa shape index (κ2) is 10.6. The van der Waals surface area contributed by atoms with Gasteiger partial charge in [0.2, 0.25) is 17.7 Å². The van der Waals surface area contributed by atoms with Gasteiger partial charge in [-0.3, -0.25) is 14.4 Å². The lowest BCUT2D eigenvalue weighted by Crippen LogP contribution is -2.56. The van der Waals surface area contributed by atoms with E-state index in [1.807, 2.05) is 36.4 Å². The van der Waals surface area contributed by atoms with Crippen molar-refractivity contribution in [3.05, 3.63) is 66.2 Å². The van der Waals surface area contributed by atoms with Crippen LogP contribution >= 0.6 is 0 Å². The number of likely N-dealkylation sites (tertiary alicyclic amines) is 1. The van der Waals surface area contributed by atoms with Gasteiger partial charge in [0.05, 0.1) is 32.2 Å². The van der Waals surface area contributed by atoms with E-state index < -0.39 is 29.6 Å². The van der Waals surface area contributed by atoms with Crippen molar-refractivity contribution in [1.82, 2.24) is 10.2 Å². The SMILES string of the molecule is COc1ccc(CN2C(=O)[C@H]3[C@@H](C(=O)Nc4ccc(OC)cc4)[C@H]4C=C[C@@]3(O4)[C@H]2C(=O)NC2CCCCC2)cc1. The Hall–Kier alpha value is -3.85. The largest absolute Gasteiger partial charge is 0.497 e. The number of amides is 3. The van der Waals surface area contributed by atoms with Crippen molar-refractivity contribution < 1.29 is 28.6 Å². The van der Waals surface area contributed by atoms with Crippen LogP contribution in [0, 0.1) is 11.8 Å². The van der Waals surface area contributed by atoms with Gasteiger partial charge in [-0.2, -0.15) is 0 Å². The minimum Gasteiger partial charge on any atom is -0.497 e. The number of hydrogen-bond donors (Lipinski definition) is 2. The third-order valence-electron chi connectivity index (χ3n) is 8.75. The zero-order chi connectivity index (χ0) is 27.9. The molecule has 210 valence electrons. The second-order valence-electron chi connectivity index (χ2n) is 11.1. The minimum absolute atomic E-state index is 0.0754. The molecule has 3 heterocycles. The van der Waals surface area contributed by atoms with Gasteiger partial charge in [0, 0.05) is 18.3 Å². The van der Waals surface area contributed by atoms with Crippen molar-refractivity contribution in [2.75, 3.05) is 19.5 Å². The molecule has 0 aromatic heterocycles. The van der Waals surface area contributed by atoms with Crippen molar-refractivity contribution in [1.29, 1.82) is 0 Å². The summed E-state index contributed by atoms with van der Waals surface area (Å²) in [5.74, 6) is -0.961. The van der Waals surface area contributed by atoms with E-state index in [1.54, 1.807) is 43.4 Å². The zero-order valence-corrected chi connectivity index (χ0v) is 22.8. The third kappa shape index (κ3) is 4.52. The van der Waals surface area contributed by atoms with Crippen molar-refractivity contribution in [2.24, 2.45) is 11.8 Å². The van der Waals surface area contributed by atoms with Crippen LogP contribution < -0.4 is 20.1 Å². The summed E-state index contributed by atoms with van der Waals surface area (Å²) in [5, 5.41) is 6.16. The van der Waals surface area contributed by atoms with Crippen molar-refractivity contribution in [3.8, 4) is 11.5 Å². The van der Waals surface area contributed by atoms with Crippen LogP contribution in [-0.4, -0.2) is 60.6 Å². The Morgan fingerprint density at radius 3 is 2.25 bits per heavy atom. The maximum Gasteiger partial charge on any atom is 0.246 e. The summed E-state index contributed by atoms with van der Waals surface area (Å²) in [6.07, 6.45) is 8.26. The molecule has 3 amide bonds. The molecule has 2 aromatic carbocycles. The highest BCUT2D eigenvalue weighted by Gasteiger charge is 2.72. The van der Waals surface area contributed by atoms with Crippen LogP contribution in [-0.2, 0) is 25.7 Å². The summed E-state index contributed by atoms with van der Waals surface area (Å²) in [5.41, 5.74) is 0.256. The molecule has 1 spiro atoms. The molecule has 9 heteroatoms. The second-order valence-corrected chi connectivity index (χ2v) is 11.1. The number of benzene rings is 2. The highest BCUT2D eigenvalue weighted by molar-refractivity contribution is 6.02. The normalized spacial score (nSPS) is 28.9. The molecule has 2 saturated heterocycles. The summed E-state index contributed by atoms with van der Waals surface area (Å²) < 4.78 is 16.9. The molecular formula is C31H35N3O6. The van der Waals surface area contributed by atoms with Gasteiger partial charge in [-0.25, -0.2) is 0 Å². The molecule has 9 nitrogen and oxygen atoms in total.